The molecule has 1 fully saturated rings. The summed E-state index contributed by atoms with van der Waals surface area (Å²) in [6, 6.07) is 9.60. The van der Waals surface area contributed by atoms with E-state index in [1.165, 1.54) is 0 Å². The lowest BCUT2D eigenvalue weighted by Gasteiger charge is -2.22. The number of rotatable bonds is 3. The maximum absolute atomic E-state index is 12.1. The summed E-state index contributed by atoms with van der Waals surface area (Å²) in [6.07, 6.45) is 1.90. The maximum atomic E-state index is 12.1. The van der Waals surface area contributed by atoms with Crippen LogP contribution in [-0.4, -0.2) is 40.3 Å². The molecule has 1 aliphatic rings. The van der Waals surface area contributed by atoms with E-state index in [0.29, 0.717) is 12.4 Å². The van der Waals surface area contributed by atoms with Crippen molar-refractivity contribution in [1.82, 2.24) is 20.5 Å². The molecule has 6 heteroatoms. The first kappa shape index (κ1) is 12.8. The van der Waals surface area contributed by atoms with Gasteiger partial charge in [0, 0.05) is 12.2 Å². The molecule has 2 heterocycles. The Morgan fingerprint density at radius 3 is 2.95 bits per heavy atom. The minimum atomic E-state index is -0.241. The van der Waals surface area contributed by atoms with Crippen LogP contribution >= 0.6 is 0 Å². The highest BCUT2D eigenvalue weighted by Crippen LogP contribution is 2.13. The van der Waals surface area contributed by atoms with Crippen molar-refractivity contribution in [1.29, 1.82) is 0 Å². The highest BCUT2D eigenvalue weighted by molar-refractivity contribution is 5.91. The van der Waals surface area contributed by atoms with E-state index in [9.17, 15) is 4.79 Å². The fourth-order valence-corrected chi connectivity index (χ4v) is 2.19. The molecule has 1 aliphatic heterocycles. The molecule has 0 saturated carbocycles. The van der Waals surface area contributed by atoms with Crippen LogP contribution in [0.3, 0.4) is 0 Å². The molecular formula is C14H16N4O2. The lowest BCUT2D eigenvalue weighted by Crippen LogP contribution is -2.41. The Hall–Kier alpha value is -2.21. The fourth-order valence-electron chi connectivity index (χ4n) is 2.19. The average molecular weight is 272 g/mol. The van der Waals surface area contributed by atoms with E-state index in [-0.39, 0.29) is 17.8 Å². The van der Waals surface area contributed by atoms with Crippen LogP contribution in [0.15, 0.2) is 30.3 Å². The number of nitrogens with one attached hydrogen (secondary N) is 2. The lowest BCUT2D eigenvalue weighted by molar-refractivity contribution is 0.0619. The summed E-state index contributed by atoms with van der Waals surface area (Å²) in [7, 11) is 0. The van der Waals surface area contributed by atoms with Gasteiger partial charge in [0.2, 0.25) is 5.82 Å². The Morgan fingerprint density at radius 2 is 2.20 bits per heavy atom. The average Bonchev–Trinajstić information content (AvgIpc) is 2.99. The number of carbonyl (C=O) groups excluding carboxylic acids is 1. The third-order valence-corrected chi connectivity index (χ3v) is 3.23. The Kier molecular flexibility index (Phi) is 3.73. The normalized spacial score (nSPS) is 18.7. The zero-order valence-corrected chi connectivity index (χ0v) is 11.0. The number of nitrogens with zero attached hydrogens (tertiary/aromatic N) is 2. The first-order valence-electron chi connectivity index (χ1n) is 6.69. The second kappa shape index (κ2) is 5.83. The van der Waals surface area contributed by atoms with E-state index in [0.717, 1.165) is 25.0 Å². The zero-order chi connectivity index (χ0) is 13.8. The SMILES string of the molecule is O=C(N[C@@H]1CCCOC1)c1nc(-c2ccccc2)n[nH]1. The molecule has 1 aromatic carbocycles. The van der Waals surface area contributed by atoms with Gasteiger partial charge in [-0.05, 0) is 12.8 Å². The van der Waals surface area contributed by atoms with Gasteiger partial charge in [0.05, 0.1) is 12.6 Å². The number of amides is 1. The Balaban J connectivity index is 1.68. The lowest BCUT2D eigenvalue weighted by atomic mass is 10.1. The summed E-state index contributed by atoms with van der Waals surface area (Å²) in [4.78, 5) is 16.3. The van der Waals surface area contributed by atoms with Crippen LogP contribution in [0.4, 0.5) is 0 Å². The Morgan fingerprint density at radius 1 is 1.35 bits per heavy atom. The molecule has 1 saturated heterocycles. The number of hydrogen-bond donors (Lipinski definition) is 2. The second-order valence-corrected chi connectivity index (χ2v) is 4.76. The number of ether oxygens (including phenoxy) is 1. The molecule has 2 N–H and O–H groups in total. The van der Waals surface area contributed by atoms with E-state index in [1.54, 1.807) is 0 Å². The van der Waals surface area contributed by atoms with Gasteiger partial charge >= 0.3 is 0 Å². The number of hydrogen-bond acceptors (Lipinski definition) is 4. The van der Waals surface area contributed by atoms with Crippen LogP contribution in [0.25, 0.3) is 11.4 Å². The summed E-state index contributed by atoms with van der Waals surface area (Å²) < 4.78 is 5.33. The van der Waals surface area contributed by atoms with Gasteiger partial charge in [0.15, 0.2) is 5.82 Å². The molecule has 2 aromatic rings. The van der Waals surface area contributed by atoms with E-state index in [2.05, 4.69) is 20.5 Å². The molecule has 0 spiro atoms. The molecule has 0 aliphatic carbocycles. The predicted molar refractivity (Wildman–Crippen MR) is 73.1 cm³/mol. The molecular weight excluding hydrogens is 256 g/mol. The van der Waals surface area contributed by atoms with Crippen molar-refractivity contribution in [2.75, 3.05) is 13.2 Å². The van der Waals surface area contributed by atoms with E-state index >= 15 is 0 Å². The molecule has 1 atom stereocenters. The maximum Gasteiger partial charge on any atom is 0.288 e. The van der Waals surface area contributed by atoms with Gasteiger partial charge in [0.1, 0.15) is 0 Å². The van der Waals surface area contributed by atoms with Crippen LogP contribution in [0.5, 0.6) is 0 Å². The van der Waals surface area contributed by atoms with Gasteiger partial charge in [-0.15, -0.1) is 0 Å². The van der Waals surface area contributed by atoms with Crippen molar-refractivity contribution in [3.05, 3.63) is 36.2 Å². The minimum absolute atomic E-state index is 0.0570. The summed E-state index contributed by atoms with van der Waals surface area (Å²) in [5.74, 6) is 0.514. The van der Waals surface area contributed by atoms with Gasteiger partial charge in [-0.1, -0.05) is 30.3 Å². The number of H-pyrrole nitrogens is 1. The predicted octanol–water partition coefficient (Wildman–Crippen LogP) is 1.38. The summed E-state index contributed by atoms with van der Waals surface area (Å²) in [5.41, 5.74) is 0.879. The number of aromatic amines is 1. The van der Waals surface area contributed by atoms with Gasteiger partial charge in [0.25, 0.3) is 5.91 Å². The molecule has 1 amide bonds. The molecule has 20 heavy (non-hydrogen) atoms. The van der Waals surface area contributed by atoms with Gasteiger partial charge in [-0.2, -0.15) is 5.10 Å². The van der Waals surface area contributed by atoms with Gasteiger partial charge in [-0.3, -0.25) is 9.89 Å². The van der Waals surface area contributed by atoms with Crippen LogP contribution in [-0.2, 0) is 4.74 Å². The van der Waals surface area contributed by atoms with Crippen molar-refractivity contribution in [3.8, 4) is 11.4 Å². The third kappa shape index (κ3) is 2.85. The standard InChI is InChI=1S/C14H16N4O2/c19-14(15-11-7-4-8-20-9-11)13-16-12(17-18-13)10-5-2-1-3-6-10/h1-3,5-6,11H,4,7-9H2,(H,15,19)(H,16,17,18)/t11-/m1/s1. The third-order valence-electron chi connectivity index (χ3n) is 3.23. The Bertz CT molecular complexity index is 576. The second-order valence-electron chi connectivity index (χ2n) is 4.76. The van der Waals surface area contributed by atoms with Crippen molar-refractivity contribution >= 4 is 5.91 Å². The van der Waals surface area contributed by atoms with Crippen molar-refractivity contribution in [2.45, 2.75) is 18.9 Å². The number of aromatic nitrogens is 3. The first-order chi connectivity index (χ1) is 9.83. The smallest absolute Gasteiger partial charge is 0.288 e. The highest BCUT2D eigenvalue weighted by atomic mass is 16.5. The largest absolute Gasteiger partial charge is 0.379 e. The van der Waals surface area contributed by atoms with Crippen LogP contribution < -0.4 is 5.32 Å². The molecule has 104 valence electrons. The highest BCUT2D eigenvalue weighted by Gasteiger charge is 2.19. The van der Waals surface area contributed by atoms with Crippen molar-refractivity contribution in [3.63, 3.8) is 0 Å². The fraction of sp³-hybridized carbons (Fsp3) is 0.357. The Labute approximate surface area is 116 Å². The molecule has 6 nitrogen and oxygen atoms in total. The number of benzene rings is 1. The van der Waals surface area contributed by atoms with Crippen LogP contribution in [0.1, 0.15) is 23.5 Å². The quantitative estimate of drug-likeness (QED) is 0.884. The van der Waals surface area contributed by atoms with Crippen LogP contribution in [0, 0.1) is 0 Å². The van der Waals surface area contributed by atoms with Gasteiger partial charge in [-0.25, -0.2) is 4.98 Å². The van der Waals surface area contributed by atoms with E-state index < -0.39 is 0 Å². The summed E-state index contributed by atoms with van der Waals surface area (Å²) in [5, 5.41) is 9.65. The molecule has 0 bridgehead atoms. The van der Waals surface area contributed by atoms with Gasteiger partial charge < -0.3 is 10.1 Å². The molecule has 0 unspecified atom stereocenters. The molecule has 3 rings (SSSR count). The summed E-state index contributed by atoms with van der Waals surface area (Å²) in [6.45, 7) is 1.33. The first-order valence-corrected chi connectivity index (χ1v) is 6.69. The number of carbonyl (C=O) groups is 1. The van der Waals surface area contributed by atoms with Crippen LogP contribution in [0.2, 0.25) is 0 Å². The van der Waals surface area contributed by atoms with E-state index in [1.807, 2.05) is 30.3 Å². The monoisotopic (exact) mass is 272 g/mol. The molecule has 1 aromatic heterocycles. The van der Waals surface area contributed by atoms with E-state index in [4.69, 9.17) is 4.74 Å². The molecule has 0 radical (unpaired) electrons. The topological polar surface area (TPSA) is 79.9 Å². The minimum Gasteiger partial charge on any atom is -0.379 e. The van der Waals surface area contributed by atoms with Crippen molar-refractivity contribution in [2.24, 2.45) is 0 Å². The summed E-state index contributed by atoms with van der Waals surface area (Å²) >= 11 is 0. The zero-order valence-electron chi connectivity index (χ0n) is 11.0. The van der Waals surface area contributed by atoms with Crippen molar-refractivity contribution < 1.29 is 9.53 Å².